The van der Waals surface area contributed by atoms with Crippen LogP contribution in [0.2, 0.25) is 0 Å². The summed E-state index contributed by atoms with van der Waals surface area (Å²) < 4.78 is 0. The third-order valence-electron chi connectivity index (χ3n) is 2.97. The maximum Gasteiger partial charge on any atom is 0.154 e. The molecule has 0 aliphatic rings. The summed E-state index contributed by atoms with van der Waals surface area (Å²) in [5.74, 6) is 6.32. The molecule has 0 fully saturated rings. The van der Waals surface area contributed by atoms with E-state index in [4.69, 9.17) is 10.7 Å². The van der Waals surface area contributed by atoms with Crippen LogP contribution in [-0.4, -0.2) is 0 Å². The Balaban J connectivity index is 3.58. The fourth-order valence-electron chi connectivity index (χ4n) is 2.01. The van der Waals surface area contributed by atoms with E-state index in [1.165, 1.54) is 16.7 Å². The van der Waals surface area contributed by atoms with Crippen molar-refractivity contribution >= 4 is 0 Å². The second-order valence-corrected chi connectivity index (χ2v) is 6.81. The first kappa shape index (κ1) is 14.0. The first-order chi connectivity index (χ1) is 7.57. The van der Waals surface area contributed by atoms with E-state index in [-0.39, 0.29) is 10.8 Å². The van der Waals surface area contributed by atoms with Gasteiger partial charge in [-0.3, -0.25) is 0 Å². The quantitative estimate of drug-likeness (QED) is 0.751. The maximum atomic E-state index is 5.49. The van der Waals surface area contributed by atoms with Gasteiger partial charge in [0, 0.05) is 11.1 Å². The number of hydrogen-bond acceptors (Lipinski definition) is 2. The number of nitrogens with two attached hydrogens (primary N) is 1. The topological polar surface area (TPSA) is 35.2 Å². The smallest absolute Gasteiger partial charge is 0.154 e. The van der Waals surface area contributed by atoms with E-state index >= 15 is 0 Å². The number of rotatable bonds is 1. The number of benzene rings is 1. The van der Waals surface area contributed by atoms with E-state index < -0.39 is 0 Å². The van der Waals surface area contributed by atoms with Gasteiger partial charge in [0.1, 0.15) is 0 Å². The van der Waals surface area contributed by atoms with Gasteiger partial charge in [-0.15, -0.1) is 0 Å². The van der Waals surface area contributed by atoms with Crippen molar-refractivity contribution in [3.05, 3.63) is 28.8 Å². The predicted octanol–water partition coefficient (Wildman–Crippen LogP) is 3.84. The minimum Gasteiger partial charge on any atom is -0.411 e. The molecule has 0 aliphatic carbocycles. The van der Waals surface area contributed by atoms with E-state index in [0.717, 1.165) is 5.75 Å². The van der Waals surface area contributed by atoms with E-state index in [1.807, 2.05) is 0 Å². The van der Waals surface area contributed by atoms with E-state index in [9.17, 15) is 0 Å². The Labute approximate surface area is 105 Å². The molecular weight excluding hydrogens is 210 g/mol. The van der Waals surface area contributed by atoms with Gasteiger partial charge in [0.2, 0.25) is 0 Å². The van der Waals surface area contributed by atoms with Crippen molar-refractivity contribution in [3.8, 4) is 5.75 Å². The summed E-state index contributed by atoms with van der Waals surface area (Å²) in [4.78, 5) is 5.18. The van der Waals surface area contributed by atoms with Crippen LogP contribution in [0.15, 0.2) is 12.1 Å². The van der Waals surface area contributed by atoms with Crippen LogP contribution in [0, 0.1) is 6.92 Å². The standard InChI is InChI=1S/C15H25NO/c1-10-8-11(14(2,3)4)13(17-16)12(9-10)15(5,6)7/h8-9H,16H2,1-7H3. The zero-order chi connectivity index (χ0) is 13.4. The lowest BCUT2D eigenvalue weighted by Gasteiger charge is -2.29. The first-order valence-corrected chi connectivity index (χ1v) is 6.09. The summed E-state index contributed by atoms with van der Waals surface area (Å²) in [6.45, 7) is 15.2. The summed E-state index contributed by atoms with van der Waals surface area (Å²) in [5.41, 5.74) is 3.65. The Bertz CT molecular complexity index is 373. The fourth-order valence-corrected chi connectivity index (χ4v) is 2.01. The molecule has 2 N–H and O–H groups in total. The third-order valence-corrected chi connectivity index (χ3v) is 2.97. The number of hydrogen-bond donors (Lipinski definition) is 1. The Hall–Kier alpha value is -1.02. The molecule has 0 atom stereocenters. The Morgan fingerprint density at radius 1 is 0.882 bits per heavy atom. The largest absolute Gasteiger partial charge is 0.411 e. The minimum atomic E-state index is 0.0285. The molecule has 17 heavy (non-hydrogen) atoms. The van der Waals surface area contributed by atoms with Gasteiger partial charge in [-0.25, -0.2) is 0 Å². The van der Waals surface area contributed by atoms with E-state index in [0.29, 0.717) is 0 Å². The first-order valence-electron chi connectivity index (χ1n) is 6.09. The molecule has 0 saturated heterocycles. The zero-order valence-corrected chi connectivity index (χ0v) is 12.1. The van der Waals surface area contributed by atoms with Crippen LogP contribution in [0.5, 0.6) is 5.75 Å². The summed E-state index contributed by atoms with van der Waals surface area (Å²) in [6, 6.07) is 4.33. The van der Waals surface area contributed by atoms with Crippen molar-refractivity contribution < 1.29 is 4.84 Å². The summed E-state index contributed by atoms with van der Waals surface area (Å²) in [7, 11) is 0. The van der Waals surface area contributed by atoms with Gasteiger partial charge in [0.05, 0.1) is 0 Å². The molecule has 0 amide bonds. The van der Waals surface area contributed by atoms with Gasteiger partial charge in [0.15, 0.2) is 5.75 Å². The number of aryl methyl sites for hydroxylation is 1. The molecule has 0 aliphatic heterocycles. The van der Waals surface area contributed by atoms with Gasteiger partial charge in [-0.2, -0.15) is 5.90 Å². The lowest BCUT2D eigenvalue weighted by molar-refractivity contribution is 0.313. The van der Waals surface area contributed by atoms with E-state index in [2.05, 4.69) is 60.6 Å². The molecule has 0 unspecified atom stereocenters. The van der Waals surface area contributed by atoms with Gasteiger partial charge in [-0.05, 0) is 17.8 Å². The maximum absolute atomic E-state index is 5.49. The van der Waals surface area contributed by atoms with Crippen molar-refractivity contribution in [2.24, 2.45) is 5.90 Å². The van der Waals surface area contributed by atoms with Crippen molar-refractivity contribution in [3.63, 3.8) is 0 Å². The van der Waals surface area contributed by atoms with Gasteiger partial charge >= 0.3 is 0 Å². The van der Waals surface area contributed by atoms with Crippen LogP contribution < -0.4 is 10.7 Å². The molecule has 0 bridgehead atoms. The summed E-state index contributed by atoms with van der Waals surface area (Å²) >= 11 is 0. The normalized spacial score (nSPS) is 12.7. The highest BCUT2D eigenvalue weighted by Gasteiger charge is 2.27. The Morgan fingerprint density at radius 3 is 1.47 bits per heavy atom. The lowest BCUT2D eigenvalue weighted by atomic mass is 9.78. The highest BCUT2D eigenvalue weighted by atomic mass is 16.6. The van der Waals surface area contributed by atoms with Crippen molar-refractivity contribution in [2.75, 3.05) is 0 Å². The highest BCUT2D eigenvalue weighted by molar-refractivity contribution is 5.50. The predicted molar refractivity (Wildman–Crippen MR) is 73.4 cm³/mol. The van der Waals surface area contributed by atoms with Crippen LogP contribution in [-0.2, 0) is 10.8 Å². The molecule has 0 radical (unpaired) electrons. The summed E-state index contributed by atoms with van der Waals surface area (Å²) in [5, 5.41) is 0. The lowest BCUT2D eigenvalue weighted by Crippen LogP contribution is -2.21. The van der Waals surface area contributed by atoms with Gasteiger partial charge < -0.3 is 4.84 Å². The monoisotopic (exact) mass is 235 g/mol. The molecule has 0 spiro atoms. The van der Waals surface area contributed by atoms with Gasteiger partial charge in [0.25, 0.3) is 0 Å². The molecule has 0 saturated carbocycles. The average Bonchev–Trinajstić information content (AvgIpc) is 2.13. The fraction of sp³-hybridized carbons (Fsp3) is 0.600. The van der Waals surface area contributed by atoms with Crippen molar-refractivity contribution in [1.29, 1.82) is 0 Å². The Morgan fingerprint density at radius 2 is 1.24 bits per heavy atom. The zero-order valence-electron chi connectivity index (χ0n) is 12.1. The van der Waals surface area contributed by atoms with Crippen LogP contribution in [0.25, 0.3) is 0 Å². The summed E-state index contributed by atoms with van der Waals surface area (Å²) in [6.07, 6.45) is 0. The Kier molecular flexibility index (Phi) is 3.58. The highest BCUT2D eigenvalue weighted by Crippen LogP contribution is 2.39. The SMILES string of the molecule is Cc1cc(C(C)(C)C)c(ON)c(C(C)(C)C)c1. The minimum absolute atomic E-state index is 0.0285. The molecule has 2 nitrogen and oxygen atoms in total. The molecule has 1 rings (SSSR count). The van der Waals surface area contributed by atoms with Crippen LogP contribution in [0.3, 0.4) is 0 Å². The second kappa shape index (κ2) is 4.34. The van der Waals surface area contributed by atoms with E-state index in [1.54, 1.807) is 0 Å². The molecular formula is C15H25NO. The second-order valence-electron chi connectivity index (χ2n) is 6.81. The molecule has 2 heteroatoms. The van der Waals surface area contributed by atoms with Crippen LogP contribution in [0.4, 0.5) is 0 Å². The van der Waals surface area contributed by atoms with Crippen LogP contribution >= 0.6 is 0 Å². The van der Waals surface area contributed by atoms with Gasteiger partial charge in [-0.1, -0.05) is 59.2 Å². The van der Waals surface area contributed by atoms with Crippen molar-refractivity contribution in [1.82, 2.24) is 0 Å². The molecule has 96 valence electrons. The molecule has 0 heterocycles. The van der Waals surface area contributed by atoms with Crippen LogP contribution in [0.1, 0.15) is 58.2 Å². The molecule has 1 aromatic rings. The average molecular weight is 235 g/mol. The van der Waals surface area contributed by atoms with Crippen molar-refractivity contribution in [2.45, 2.75) is 59.3 Å². The molecule has 1 aromatic carbocycles. The third kappa shape index (κ3) is 3.01. The molecule has 0 aromatic heterocycles.